The van der Waals surface area contributed by atoms with E-state index in [1.807, 2.05) is 0 Å². The Labute approximate surface area is 318 Å². The van der Waals surface area contributed by atoms with E-state index >= 15 is 0 Å². The lowest BCUT2D eigenvalue weighted by Crippen LogP contribution is -2.47. The lowest BCUT2D eigenvalue weighted by Gasteiger charge is -2.23. The van der Waals surface area contributed by atoms with Crippen LogP contribution in [0.4, 0.5) is 0 Å². The number of rotatable bonds is 41. The summed E-state index contributed by atoms with van der Waals surface area (Å²) in [4.78, 5) is 12.5. The van der Waals surface area contributed by atoms with Crippen LogP contribution in [0.25, 0.3) is 0 Å². The van der Waals surface area contributed by atoms with Gasteiger partial charge >= 0.3 is 0 Å². The van der Waals surface area contributed by atoms with Gasteiger partial charge in [-0.05, 0) is 38.5 Å². The molecule has 0 saturated carbocycles. The van der Waals surface area contributed by atoms with Crippen molar-refractivity contribution >= 4 is 16.0 Å². The predicted molar refractivity (Wildman–Crippen MR) is 221 cm³/mol. The van der Waals surface area contributed by atoms with Crippen LogP contribution in [0.15, 0.2) is 12.2 Å². The Balaban J connectivity index is 3.79. The molecule has 2 atom stereocenters. The normalized spacial score (nSPS) is 13.3. The molecule has 0 fully saturated rings. The van der Waals surface area contributed by atoms with E-state index < -0.39 is 28.0 Å². The third-order valence-corrected chi connectivity index (χ3v) is 11.3. The maximum absolute atomic E-state index is 12.5. The summed E-state index contributed by atoms with van der Waals surface area (Å²) in [5, 5.41) is 13.4. The van der Waals surface area contributed by atoms with Crippen LogP contribution in [-0.4, -0.2) is 41.9 Å². The zero-order valence-electron chi connectivity index (χ0n) is 34.0. The number of hydrogen-bond acceptors (Lipinski definition) is 4. The van der Waals surface area contributed by atoms with Crippen molar-refractivity contribution in [3.8, 4) is 0 Å². The zero-order valence-corrected chi connectivity index (χ0v) is 34.8. The Kier molecular flexibility index (Phi) is 38.1. The van der Waals surface area contributed by atoms with Crippen molar-refractivity contribution in [2.24, 2.45) is 0 Å². The van der Waals surface area contributed by atoms with Crippen LogP contribution in [0.3, 0.4) is 0 Å². The lowest BCUT2D eigenvalue weighted by atomic mass is 10.0. The molecule has 0 aromatic heterocycles. The molecule has 0 heterocycles. The summed E-state index contributed by atoms with van der Waals surface area (Å²) in [6, 6.07) is -0.972. The van der Waals surface area contributed by atoms with Gasteiger partial charge in [-0.1, -0.05) is 212 Å². The molecule has 0 aromatic rings. The molecule has 6 nitrogen and oxygen atoms in total. The number of nitrogens with one attached hydrogen (secondary N) is 1. The number of carbonyl (C=O) groups excluding carboxylic acids is 1. The maximum Gasteiger partial charge on any atom is 0.266 e. The van der Waals surface area contributed by atoms with Gasteiger partial charge in [0, 0.05) is 6.42 Å². The summed E-state index contributed by atoms with van der Waals surface area (Å²) in [6.45, 7) is 4.53. The number of aliphatic hydroxyl groups excluding tert-OH is 1. The summed E-state index contributed by atoms with van der Waals surface area (Å²) >= 11 is 0. The molecule has 0 bridgehead atoms. The van der Waals surface area contributed by atoms with E-state index in [2.05, 4.69) is 31.3 Å². The molecule has 0 aromatic carbocycles. The second-order valence-corrected chi connectivity index (χ2v) is 17.2. The summed E-state index contributed by atoms with van der Waals surface area (Å²) in [7, 11) is -4.31. The van der Waals surface area contributed by atoms with E-state index in [1.54, 1.807) is 0 Å². The summed E-state index contributed by atoms with van der Waals surface area (Å²) < 4.78 is 32.6. The van der Waals surface area contributed by atoms with Gasteiger partial charge in [0.05, 0.1) is 17.9 Å². The van der Waals surface area contributed by atoms with Crippen molar-refractivity contribution < 1.29 is 22.9 Å². The highest BCUT2D eigenvalue weighted by Crippen LogP contribution is 2.17. The van der Waals surface area contributed by atoms with Crippen molar-refractivity contribution in [3.05, 3.63) is 12.2 Å². The van der Waals surface area contributed by atoms with Crippen LogP contribution in [0.1, 0.15) is 245 Å². The standard InChI is InChI=1S/C44H87NO5S/c1-3-5-7-9-11-13-15-17-19-20-21-22-23-24-26-27-29-31-33-35-37-39-43(46)42(41-51(48,49)50)45-44(47)40-38-36-34-32-30-28-25-18-16-14-12-10-8-6-4-2/h18,25,42-43,46H,3-17,19-24,26-41H2,1-2H3,(H,45,47)(H,48,49,50)/b25-18-. The molecule has 7 heteroatoms. The van der Waals surface area contributed by atoms with Crippen molar-refractivity contribution in [1.82, 2.24) is 5.32 Å². The van der Waals surface area contributed by atoms with Crippen LogP contribution in [0.5, 0.6) is 0 Å². The Hall–Kier alpha value is -0.920. The van der Waals surface area contributed by atoms with Gasteiger partial charge in [0.1, 0.15) is 0 Å². The molecular weight excluding hydrogens is 655 g/mol. The molecule has 0 rings (SSSR count). The number of amides is 1. The topological polar surface area (TPSA) is 104 Å². The van der Waals surface area contributed by atoms with E-state index in [0.717, 1.165) is 51.4 Å². The molecular formula is C44H87NO5S. The average molecular weight is 742 g/mol. The van der Waals surface area contributed by atoms with Crippen molar-refractivity contribution in [2.75, 3.05) is 5.75 Å². The first kappa shape index (κ1) is 50.1. The first-order chi connectivity index (χ1) is 24.8. The van der Waals surface area contributed by atoms with Gasteiger partial charge in [-0.15, -0.1) is 0 Å². The van der Waals surface area contributed by atoms with E-state index in [-0.39, 0.29) is 5.91 Å². The first-order valence-electron chi connectivity index (χ1n) is 22.4. The van der Waals surface area contributed by atoms with Crippen molar-refractivity contribution in [1.29, 1.82) is 0 Å². The Bertz CT molecular complexity index is 862. The van der Waals surface area contributed by atoms with Crippen LogP contribution >= 0.6 is 0 Å². The second-order valence-electron chi connectivity index (χ2n) is 15.7. The third kappa shape index (κ3) is 40.1. The van der Waals surface area contributed by atoms with Gasteiger partial charge in [-0.2, -0.15) is 8.42 Å². The molecule has 0 aliphatic rings. The van der Waals surface area contributed by atoms with Gasteiger partial charge < -0.3 is 10.4 Å². The Morgan fingerprint density at radius 3 is 1.18 bits per heavy atom. The minimum Gasteiger partial charge on any atom is -0.391 e. The lowest BCUT2D eigenvalue weighted by molar-refractivity contribution is -0.122. The monoisotopic (exact) mass is 742 g/mol. The van der Waals surface area contributed by atoms with Crippen LogP contribution in [0.2, 0.25) is 0 Å². The maximum atomic E-state index is 12.5. The van der Waals surface area contributed by atoms with Gasteiger partial charge in [0.2, 0.25) is 5.91 Å². The highest BCUT2D eigenvalue weighted by atomic mass is 32.2. The van der Waals surface area contributed by atoms with Gasteiger partial charge in [0.15, 0.2) is 0 Å². The molecule has 0 spiro atoms. The number of carbonyl (C=O) groups is 1. The molecule has 0 radical (unpaired) electrons. The van der Waals surface area contributed by atoms with E-state index in [9.17, 15) is 22.9 Å². The third-order valence-electron chi connectivity index (χ3n) is 10.5. The highest BCUT2D eigenvalue weighted by Gasteiger charge is 2.26. The molecule has 0 saturated heterocycles. The number of hydrogen-bond donors (Lipinski definition) is 3. The Morgan fingerprint density at radius 2 is 0.824 bits per heavy atom. The van der Waals surface area contributed by atoms with Crippen LogP contribution in [0, 0.1) is 0 Å². The minimum absolute atomic E-state index is 0.251. The zero-order chi connectivity index (χ0) is 37.5. The summed E-state index contributed by atoms with van der Waals surface area (Å²) in [6.07, 6.45) is 47.4. The number of allylic oxidation sites excluding steroid dienone is 2. The molecule has 2 unspecified atom stereocenters. The highest BCUT2D eigenvalue weighted by molar-refractivity contribution is 7.85. The van der Waals surface area contributed by atoms with Crippen LogP contribution in [-0.2, 0) is 14.9 Å². The minimum atomic E-state index is -4.31. The van der Waals surface area contributed by atoms with E-state index in [0.29, 0.717) is 12.8 Å². The quantitative estimate of drug-likeness (QED) is 0.0329. The molecule has 0 aliphatic carbocycles. The molecule has 51 heavy (non-hydrogen) atoms. The SMILES string of the molecule is CCCCCCCC/C=C\CCCCCCCC(=O)NC(CS(=O)(=O)O)C(O)CCCCCCCCCCCCCCCCCCCCCCC. The van der Waals surface area contributed by atoms with Crippen molar-refractivity contribution in [3.63, 3.8) is 0 Å². The van der Waals surface area contributed by atoms with Gasteiger partial charge in [-0.25, -0.2) is 0 Å². The second kappa shape index (κ2) is 38.8. The predicted octanol–water partition coefficient (Wildman–Crippen LogP) is 13.4. The van der Waals surface area contributed by atoms with Crippen molar-refractivity contribution in [2.45, 2.75) is 257 Å². The van der Waals surface area contributed by atoms with E-state index in [4.69, 9.17) is 0 Å². The molecule has 0 aliphatic heterocycles. The largest absolute Gasteiger partial charge is 0.391 e. The fourth-order valence-electron chi connectivity index (χ4n) is 7.10. The molecule has 304 valence electrons. The smallest absolute Gasteiger partial charge is 0.266 e. The molecule has 3 N–H and O–H groups in total. The first-order valence-corrected chi connectivity index (χ1v) is 24.0. The Morgan fingerprint density at radius 1 is 0.510 bits per heavy atom. The molecule has 1 amide bonds. The van der Waals surface area contributed by atoms with Gasteiger partial charge in [0.25, 0.3) is 10.1 Å². The number of unbranched alkanes of at least 4 members (excludes halogenated alkanes) is 31. The summed E-state index contributed by atoms with van der Waals surface area (Å²) in [5.74, 6) is -0.898. The average Bonchev–Trinajstić information content (AvgIpc) is 3.09. The fourth-order valence-corrected chi connectivity index (χ4v) is 7.86. The van der Waals surface area contributed by atoms with Crippen LogP contribution < -0.4 is 5.32 Å². The summed E-state index contributed by atoms with van der Waals surface area (Å²) in [5.41, 5.74) is 0. The fraction of sp³-hybridized carbons (Fsp3) is 0.932. The number of aliphatic hydroxyl groups is 1. The van der Waals surface area contributed by atoms with Gasteiger partial charge in [-0.3, -0.25) is 9.35 Å². The van der Waals surface area contributed by atoms with E-state index in [1.165, 1.54) is 167 Å².